The first kappa shape index (κ1) is 10.4. The van der Waals surface area contributed by atoms with Gasteiger partial charge in [0.25, 0.3) is 0 Å². The van der Waals surface area contributed by atoms with Gasteiger partial charge in [-0.1, -0.05) is 0 Å². The maximum Gasteiger partial charge on any atom is 1.00 e. The van der Waals surface area contributed by atoms with E-state index in [0.717, 1.165) is 7.11 Å². The normalized spacial score (nSPS) is 5.50. The van der Waals surface area contributed by atoms with E-state index in [1.807, 2.05) is 0 Å². The van der Waals surface area contributed by atoms with Gasteiger partial charge in [0.2, 0.25) is 0 Å². The van der Waals surface area contributed by atoms with Gasteiger partial charge < -0.3 is 13.7 Å². The number of rotatable bonds is 1. The molecule has 0 heterocycles. The minimum Gasteiger partial charge on any atom is -0.591 e. The molecular weight excluding hydrogens is 174 g/mol. The van der Waals surface area contributed by atoms with Crippen LogP contribution < -0.4 is 63.0 Å². The number of hydrogen-bond acceptors (Lipinski definition) is 3. The maximum absolute atomic E-state index is 9.22. The van der Waals surface area contributed by atoms with Crippen LogP contribution in [0.3, 0.4) is 0 Å². The van der Waals surface area contributed by atoms with E-state index in [9.17, 15) is 9.26 Å². The Hall–Kier alpha value is 1.42. The van der Waals surface area contributed by atoms with E-state index in [-0.39, 0.29) is 58.2 Å². The largest absolute Gasteiger partial charge is 1.00 e. The van der Waals surface area contributed by atoms with Crippen LogP contribution >= 0.6 is 0 Å². The van der Waals surface area contributed by atoms with Gasteiger partial charge in [0.15, 0.2) is 0 Å². The topological polar surface area (TPSA) is 49.4 Å². The predicted molar refractivity (Wildman–Crippen MR) is 13.4 cm³/mol. The predicted octanol–water partition coefficient (Wildman–Crippen LogP) is -4.59. The Bertz CT molecular complexity index is 46.1. The molecule has 0 unspecified atom stereocenters. The van der Waals surface area contributed by atoms with Crippen LogP contribution in [0.25, 0.3) is 0 Å². The Morgan fingerprint density at radius 2 is 2.00 bits per heavy atom. The second kappa shape index (κ2) is 6.42. The maximum atomic E-state index is 9.22. The quantitative estimate of drug-likeness (QED) is 0.378. The Morgan fingerprint density at radius 1 is 1.83 bits per heavy atom. The van der Waals surface area contributed by atoms with Crippen LogP contribution in [0.15, 0.2) is 0 Å². The Labute approximate surface area is 86.4 Å². The molecule has 0 amide bonds. The molecule has 0 N–H and O–H groups in total. The summed E-state index contributed by atoms with van der Waals surface area (Å²) in [7, 11) is -1.75. The molecule has 0 fully saturated rings. The van der Waals surface area contributed by atoms with Crippen LogP contribution in [0, 0.1) is 0 Å². The van der Waals surface area contributed by atoms with Crippen molar-refractivity contribution in [2.75, 3.05) is 7.11 Å². The third kappa shape index (κ3) is 9.05. The summed E-state index contributed by atoms with van der Waals surface area (Å²) < 4.78 is 13.0. The summed E-state index contributed by atoms with van der Waals surface area (Å²) in [6.07, 6.45) is 0. The van der Waals surface area contributed by atoms with Gasteiger partial charge in [-0.05, 0) is 0 Å². The summed E-state index contributed by atoms with van der Waals surface area (Å²) in [6, 6.07) is 0. The van der Waals surface area contributed by atoms with Crippen molar-refractivity contribution in [3.8, 4) is 0 Å². The fourth-order valence-electron chi connectivity index (χ4n) is 0. The Kier molecular flexibility index (Phi) is 11.1. The van der Waals surface area contributed by atoms with Crippen molar-refractivity contribution < 1.29 is 71.9 Å². The molecule has 0 aliphatic rings. The van der Waals surface area contributed by atoms with Crippen molar-refractivity contribution in [1.29, 1.82) is 0 Å². The van der Waals surface area contributed by atoms with Crippen molar-refractivity contribution in [3.05, 3.63) is 0 Å². The third-order valence-electron chi connectivity index (χ3n) is 0.167. The molecular formula is CH3O3RbSi. The van der Waals surface area contributed by atoms with Gasteiger partial charge in [-0.2, -0.15) is 0 Å². The Morgan fingerprint density at radius 3 is 2.00 bits per heavy atom. The van der Waals surface area contributed by atoms with Gasteiger partial charge in [0, 0.05) is 7.11 Å². The second-order valence-electron chi connectivity index (χ2n) is 0.454. The first-order valence-corrected chi connectivity index (χ1v) is 2.25. The molecule has 5 heteroatoms. The van der Waals surface area contributed by atoms with Gasteiger partial charge in [-0.3, -0.25) is 0 Å². The molecule has 0 aliphatic heterocycles. The number of hydrogen-bond donors (Lipinski definition) is 0. The summed E-state index contributed by atoms with van der Waals surface area (Å²) >= 11 is 0. The summed E-state index contributed by atoms with van der Waals surface area (Å²) in [5.41, 5.74) is 0. The van der Waals surface area contributed by atoms with Gasteiger partial charge >= 0.3 is 67.4 Å². The Balaban J connectivity index is 0. The van der Waals surface area contributed by atoms with Gasteiger partial charge in [-0.25, -0.2) is 0 Å². The summed E-state index contributed by atoms with van der Waals surface area (Å²) in [4.78, 5) is 9.22. The van der Waals surface area contributed by atoms with E-state index in [0.29, 0.717) is 0 Å². The smallest absolute Gasteiger partial charge is 0.591 e. The zero-order valence-electron chi connectivity index (χ0n) is 3.72. The van der Waals surface area contributed by atoms with E-state index < -0.39 is 9.17 Å². The summed E-state index contributed by atoms with van der Waals surface area (Å²) in [6.45, 7) is 0. The SMILES string of the molecule is CO[Si](=O)[O-].[Rb+]. The van der Waals surface area contributed by atoms with Gasteiger partial charge in [-0.15, -0.1) is 0 Å². The van der Waals surface area contributed by atoms with E-state index in [4.69, 9.17) is 0 Å². The average molecular weight is 177 g/mol. The fourth-order valence-corrected chi connectivity index (χ4v) is 0. The van der Waals surface area contributed by atoms with Crippen molar-refractivity contribution >= 4 is 9.17 Å². The van der Waals surface area contributed by atoms with Gasteiger partial charge in [0.05, 0.1) is 0 Å². The monoisotopic (exact) mass is 176 g/mol. The molecule has 0 spiro atoms. The van der Waals surface area contributed by atoms with Crippen LogP contribution in [-0.2, 0) is 8.89 Å². The first-order chi connectivity index (χ1) is 2.27. The molecule has 0 radical (unpaired) electrons. The molecule has 30 valence electrons. The van der Waals surface area contributed by atoms with E-state index in [2.05, 4.69) is 4.43 Å². The minimum absolute atomic E-state index is 0. The van der Waals surface area contributed by atoms with Crippen molar-refractivity contribution in [2.45, 2.75) is 0 Å². The van der Waals surface area contributed by atoms with E-state index in [1.165, 1.54) is 0 Å². The summed E-state index contributed by atoms with van der Waals surface area (Å²) in [5, 5.41) is 0. The van der Waals surface area contributed by atoms with Crippen LogP contribution in [-0.4, -0.2) is 16.3 Å². The standard InChI is InChI=1S/CH3O3Si.Rb/c1-4-5(2)3;/h1H3;/q-1;+1. The van der Waals surface area contributed by atoms with Crippen LogP contribution in [0.1, 0.15) is 0 Å². The van der Waals surface area contributed by atoms with Crippen molar-refractivity contribution in [2.24, 2.45) is 0 Å². The molecule has 0 aliphatic carbocycles. The third-order valence-corrected chi connectivity index (χ3v) is 0.500. The van der Waals surface area contributed by atoms with Gasteiger partial charge in [0.1, 0.15) is 0 Å². The van der Waals surface area contributed by atoms with Crippen LogP contribution in [0.5, 0.6) is 0 Å². The second-order valence-corrected chi connectivity index (χ2v) is 1.36. The molecule has 0 aromatic carbocycles. The minimum atomic E-state index is -2.87. The zero-order valence-corrected chi connectivity index (χ0v) is 9.64. The molecule has 0 atom stereocenters. The molecule has 6 heavy (non-hydrogen) atoms. The molecule has 0 saturated carbocycles. The molecule has 3 nitrogen and oxygen atoms in total. The van der Waals surface area contributed by atoms with Crippen LogP contribution in [0.4, 0.5) is 0 Å². The fraction of sp³-hybridized carbons (Fsp3) is 1.00. The zero-order chi connectivity index (χ0) is 4.28. The van der Waals surface area contributed by atoms with E-state index >= 15 is 0 Å². The van der Waals surface area contributed by atoms with Crippen molar-refractivity contribution in [3.63, 3.8) is 0 Å². The molecule has 0 aromatic heterocycles. The molecule has 0 rings (SSSR count). The first-order valence-electron chi connectivity index (χ1n) is 1.02. The van der Waals surface area contributed by atoms with E-state index in [1.54, 1.807) is 0 Å². The molecule has 0 aromatic rings. The molecule has 0 saturated heterocycles. The van der Waals surface area contributed by atoms with Crippen LogP contribution in [0.2, 0.25) is 0 Å². The molecule has 0 bridgehead atoms. The van der Waals surface area contributed by atoms with Crippen molar-refractivity contribution in [1.82, 2.24) is 0 Å². The summed E-state index contributed by atoms with van der Waals surface area (Å²) in [5.74, 6) is 0. The average Bonchev–Trinajstić information content (AvgIpc) is 1.38.